The number of rotatable bonds is 4. The molecule has 1 amide bonds. The molecule has 0 bridgehead atoms. The molecule has 0 aliphatic heterocycles. The molecule has 0 aromatic heterocycles. The van der Waals surface area contributed by atoms with Gasteiger partial charge in [0.25, 0.3) is 0 Å². The van der Waals surface area contributed by atoms with Crippen LogP contribution in [-0.2, 0) is 0 Å². The van der Waals surface area contributed by atoms with Gasteiger partial charge in [0.1, 0.15) is 0 Å². The molecule has 4 heteroatoms. The van der Waals surface area contributed by atoms with Gasteiger partial charge >= 0.3 is 6.09 Å². The lowest BCUT2D eigenvalue weighted by molar-refractivity contribution is 0.132. The molecule has 0 aromatic rings. The first kappa shape index (κ1) is 11.3. The van der Waals surface area contributed by atoms with Gasteiger partial charge < -0.3 is 15.7 Å². The van der Waals surface area contributed by atoms with Crippen molar-refractivity contribution in [2.75, 3.05) is 13.6 Å². The van der Waals surface area contributed by atoms with Crippen LogP contribution in [0.5, 0.6) is 0 Å². The van der Waals surface area contributed by atoms with Gasteiger partial charge in [-0.25, -0.2) is 4.79 Å². The van der Waals surface area contributed by atoms with Gasteiger partial charge in [0.15, 0.2) is 0 Å². The highest BCUT2D eigenvalue weighted by atomic mass is 16.4. The Morgan fingerprint density at radius 2 is 2.14 bits per heavy atom. The second kappa shape index (κ2) is 5.20. The highest BCUT2D eigenvalue weighted by Crippen LogP contribution is 2.29. The molecule has 1 unspecified atom stereocenters. The van der Waals surface area contributed by atoms with Gasteiger partial charge in [0, 0.05) is 19.6 Å². The van der Waals surface area contributed by atoms with Crippen LogP contribution >= 0.6 is 0 Å². The number of hydrogen-bond donors (Lipinski definition) is 2. The van der Waals surface area contributed by atoms with Crippen LogP contribution in [0.4, 0.5) is 4.79 Å². The van der Waals surface area contributed by atoms with Crippen molar-refractivity contribution in [3.63, 3.8) is 0 Å². The molecule has 1 aliphatic carbocycles. The van der Waals surface area contributed by atoms with Gasteiger partial charge in [0.05, 0.1) is 0 Å². The van der Waals surface area contributed by atoms with E-state index in [1.807, 2.05) is 0 Å². The fraction of sp³-hybridized carbons (Fsp3) is 0.900. The number of nitrogens with two attached hydrogens (primary N) is 1. The first-order chi connectivity index (χ1) is 6.65. The normalized spacial score (nSPS) is 19.6. The summed E-state index contributed by atoms with van der Waals surface area (Å²) in [5, 5.41) is 8.83. The Labute approximate surface area is 85.1 Å². The van der Waals surface area contributed by atoms with E-state index in [-0.39, 0.29) is 6.04 Å². The van der Waals surface area contributed by atoms with E-state index in [2.05, 4.69) is 0 Å². The molecule has 1 aliphatic rings. The maximum absolute atomic E-state index is 10.7. The zero-order valence-electron chi connectivity index (χ0n) is 8.78. The largest absolute Gasteiger partial charge is 0.465 e. The van der Waals surface area contributed by atoms with Crippen molar-refractivity contribution < 1.29 is 9.90 Å². The summed E-state index contributed by atoms with van der Waals surface area (Å²) in [4.78, 5) is 12.1. The molecule has 82 valence electrons. The zero-order valence-corrected chi connectivity index (χ0v) is 8.78. The summed E-state index contributed by atoms with van der Waals surface area (Å²) in [6, 6.07) is -0.00407. The number of amides is 1. The van der Waals surface area contributed by atoms with E-state index in [9.17, 15) is 4.79 Å². The highest BCUT2D eigenvalue weighted by molar-refractivity contribution is 5.64. The molecule has 4 nitrogen and oxygen atoms in total. The van der Waals surface area contributed by atoms with Crippen LogP contribution in [0.2, 0.25) is 0 Å². The Balaban J connectivity index is 2.40. The third kappa shape index (κ3) is 2.87. The van der Waals surface area contributed by atoms with Crippen molar-refractivity contribution in [1.29, 1.82) is 0 Å². The minimum Gasteiger partial charge on any atom is -0.465 e. The Bertz CT molecular complexity index is 191. The van der Waals surface area contributed by atoms with Crippen LogP contribution < -0.4 is 5.73 Å². The Kier molecular flexibility index (Phi) is 4.20. The molecular formula is C10H20N2O2. The third-order valence-corrected chi connectivity index (χ3v) is 3.20. The smallest absolute Gasteiger partial charge is 0.407 e. The molecule has 3 N–H and O–H groups in total. The lowest BCUT2D eigenvalue weighted by Gasteiger charge is -2.26. The van der Waals surface area contributed by atoms with E-state index in [4.69, 9.17) is 10.8 Å². The van der Waals surface area contributed by atoms with Gasteiger partial charge in [-0.05, 0) is 12.3 Å². The zero-order chi connectivity index (χ0) is 10.6. The lowest BCUT2D eigenvalue weighted by atomic mass is 9.98. The van der Waals surface area contributed by atoms with Crippen molar-refractivity contribution in [2.24, 2.45) is 11.7 Å². The van der Waals surface area contributed by atoms with Crippen LogP contribution in [0.3, 0.4) is 0 Å². The van der Waals surface area contributed by atoms with Crippen molar-refractivity contribution >= 4 is 6.09 Å². The van der Waals surface area contributed by atoms with Crippen LogP contribution in [-0.4, -0.2) is 35.7 Å². The quantitative estimate of drug-likeness (QED) is 0.722. The number of hydrogen-bond acceptors (Lipinski definition) is 2. The lowest BCUT2D eigenvalue weighted by Crippen LogP contribution is -2.42. The van der Waals surface area contributed by atoms with E-state index in [1.54, 1.807) is 7.05 Å². The van der Waals surface area contributed by atoms with Gasteiger partial charge in [0.2, 0.25) is 0 Å². The molecule has 0 heterocycles. The Hall–Kier alpha value is -0.770. The molecule has 0 radical (unpaired) electrons. The van der Waals surface area contributed by atoms with Crippen molar-refractivity contribution in [3.8, 4) is 0 Å². The SMILES string of the molecule is CN(C(=O)O)C(CN)CC1CCCC1. The summed E-state index contributed by atoms with van der Waals surface area (Å²) < 4.78 is 0. The second-order valence-electron chi connectivity index (χ2n) is 4.17. The molecular weight excluding hydrogens is 180 g/mol. The highest BCUT2D eigenvalue weighted by Gasteiger charge is 2.24. The summed E-state index contributed by atoms with van der Waals surface area (Å²) in [6.07, 6.45) is 5.11. The Morgan fingerprint density at radius 1 is 1.57 bits per heavy atom. The fourth-order valence-electron chi connectivity index (χ4n) is 2.20. The monoisotopic (exact) mass is 200 g/mol. The van der Waals surface area contributed by atoms with E-state index in [0.717, 1.165) is 6.42 Å². The number of carbonyl (C=O) groups is 1. The summed E-state index contributed by atoms with van der Waals surface area (Å²) in [5.74, 6) is 0.686. The average Bonchev–Trinajstić information content (AvgIpc) is 2.65. The van der Waals surface area contributed by atoms with Crippen LogP contribution in [0, 0.1) is 5.92 Å². The maximum Gasteiger partial charge on any atom is 0.407 e. The minimum atomic E-state index is -0.876. The number of carboxylic acid groups (broad SMARTS) is 1. The van der Waals surface area contributed by atoms with Crippen molar-refractivity contribution in [3.05, 3.63) is 0 Å². The first-order valence-corrected chi connectivity index (χ1v) is 5.31. The van der Waals surface area contributed by atoms with E-state index < -0.39 is 6.09 Å². The maximum atomic E-state index is 10.7. The molecule has 0 saturated heterocycles. The second-order valence-corrected chi connectivity index (χ2v) is 4.17. The van der Waals surface area contributed by atoms with Gasteiger partial charge in [-0.2, -0.15) is 0 Å². The van der Waals surface area contributed by atoms with E-state index in [0.29, 0.717) is 12.5 Å². The summed E-state index contributed by atoms with van der Waals surface area (Å²) in [7, 11) is 1.61. The van der Waals surface area contributed by atoms with Crippen LogP contribution in [0.1, 0.15) is 32.1 Å². The molecule has 0 spiro atoms. The Morgan fingerprint density at radius 3 is 2.57 bits per heavy atom. The standard InChI is InChI=1S/C10H20N2O2/c1-12(10(13)14)9(7-11)6-8-4-2-3-5-8/h8-9H,2-7,11H2,1H3,(H,13,14). The summed E-state index contributed by atoms with van der Waals surface area (Å²) in [6.45, 7) is 0.430. The predicted molar refractivity (Wildman–Crippen MR) is 55.2 cm³/mol. The third-order valence-electron chi connectivity index (χ3n) is 3.20. The van der Waals surface area contributed by atoms with Gasteiger partial charge in [-0.15, -0.1) is 0 Å². The van der Waals surface area contributed by atoms with Crippen LogP contribution in [0.15, 0.2) is 0 Å². The average molecular weight is 200 g/mol. The molecule has 0 aromatic carbocycles. The fourth-order valence-corrected chi connectivity index (χ4v) is 2.20. The molecule has 1 saturated carbocycles. The van der Waals surface area contributed by atoms with Gasteiger partial charge in [-0.3, -0.25) is 0 Å². The summed E-state index contributed by atoms with van der Waals surface area (Å²) >= 11 is 0. The summed E-state index contributed by atoms with van der Waals surface area (Å²) in [5.41, 5.74) is 5.58. The molecule has 14 heavy (non-hydrogen) atoms. The molecule has 1 fully saturated rings. The number of likely N-dealkylation sites (N-methyl/N-ethyl adjacent to an activating group) is 1. The first-order valence-electron chi connectivity index (χ1n) is 5.31. The molecule has 1 rings (SSSR count). The van der Waals surface area contributed by atoms with Crippen molar-refractivity contribution in [2.45, 2.75) is 38.1 Å². The van der Waals surface area contributed by atoms with Crippen LogP contribution in [0.25, 0.3) is 0 Å². The predicted octanol–water partition coefficient (Wildman–Crippen LogP) is 1.50. The number of nitrogens with zero attached hydrogens (tertiary/aromatic N) is 1. The van der Waals surface area contributed by atoms with E-state index in [1.165, 1.54) is 30.6 Å². The van der Waals surface area contributed by atoms with E-state index >= 15 is 0 Å². The minimum absolute atomic E-state index is 0.00407. The van der Waals surface area contributed by atoms with Crippen molar-refractivity contribution in [1.82, 2.24) is 4.90 Å². The molecule has 1 atom stereocenters. The van der Waals surface area contributed by atoms with Gasteiger partial charge in [-0.1, -0.05) is 25.7 Å². The topological polar surface area (TPSA) is 66.6 Å².